The van der Waals surface area contributed by atoms with E-state index in [0.717, 1.165) is 5.56 Å². The summed E-state index contributed by atoms with van der Waals surface area (Å²) in [4.78, 5) is 25.4. The standard InChI is InChI=1S/C16H20N2O5S/c1-9(19)12-13(20)18-7-16(15(21)22,24-14(12)18)8-23-11-4-2-10(6-17)3-5-11/h2-5,9,12,14,19H,6-8,17H2,1H3,(H,21,22)/t9-,12+,14-,16?/m1/s1. The van der Waals surface area contributed by atoms with Crippen molar-refractivity contribution in [2.24, 2.45) is 11.7 Å². The number of nitrogens with two attached hydrogens (primary N) is 1. The second kappa shape index (κ2) is 6.27. The summed E-state index contributed by atoms with van der Waals surface area (Å²) in [7, 11) is 0. The van der Waals surface area contributed by atoms with Crippen LogP contribution in [0.25, 0.3) is 0 Å². The Balaban J connectivity index is 1.71. The van der Waals surface area contributed by atoms with Gasteiger partial charge in [-0.2, -0.15) is 0 Å². The van der Waals surface area contributed by atoms with Crippen LogP contribution in [0.1, 0.15) is 12.5 Å². The third-order valence-electron chi connectivity index (χ3n) is 4.50. The fourth-order valence-electron chi connectivity index (χ4n) is 3.02. The SMILES string of the molecule is C[C@@H](O)[C@H]1C(=O)N2CC(COc3ccc(CN)cc3)(C(=O)O)S[C@H]12. The Morgan fingerprint density at radius 2 is 2.17 bits per heavy atom. The van der Waals surface area contributed by atoms with Gasteiger partial charge in [0.25, 0.3) is 0 Å². The molecular weight excluding hydrogens is 332 g/mol. The molecule has 0 spiro atoms. The largest absolute Gasteiger partial charge is 0.491 e. The molecule has 24 heavy (non-hydrogen) atoms. The number of aliphatic hydroxyl groups is 1. The second-order valence-electron chi connectivity index (χ2n) is 6.18. The Hall–Kier alpha value is -1.77. The number of carboxylic acid groups (broad SMARTS) is 1. The predicted octanol–water partition coefficient (Wildman–Crippen LogP) is 0.260. The highest BCUT2D eigenvalue weighted by Gasteiger charge is 2.63. The summed E-state index contributed by atoms with van der Waals surface area (Å²) in [6.45, 7) is 2.01. The first-order chi connectivity index (χ1) is 11.4. The first-order valence-corrected chi connectivity index (χ1v) is 8.57. The molecule has 8 heteroatoms. The maximum atomic E-state index is 12.0. The van der Waals surface area contributed by atoms with Crippen molar-refractivity contribution in [1.82, 2.24) is 4.90 Å². The summed E-state index contributed by atoms with van der Waals surface area (Å²) in [5.74, 6) is -1.20. The van der Waals surface area contributed by atoms with Crippen LogP contribution in [0.4, 0.5) is 0 Å². The summed E-state index contributed by atoms with van der Waals surface area (Å²) in [6.07, 6.45) is -0.791. The van der Waals surface area contributed by atoms with Crippen molar-refractivity contribution in [2.45, 2.75) is 29.7 Å². The van der Waals surface area contributed by atoms with Crippen LogP contribution in [0.3, 0.4) is 0 Å². The smallest absolute Gasteiger partial charge is 0.325 e. The number of aliphatic hydroxyl groups excluding tert-OH is 1. The molecule has 2 heterocycles. The fourth-order valence-corrected chi connectivity index (χ4v) is 4.72. The molecule has 0 aliphatic carbocycles. The molecule has 4 N–H and O–H groups in total. The van der Waals surface area contributed by atoms with Gasteiger partial charge in [0.2, 0.25) is 5.91 Å². The van der Waals surface area contributed by atoms with Gasteiger partial charge in [-0.3, -0.25) is 9.59 Å². The molecule has 1 aromatic carbocycles. The maximum absolute atomic E-state index is 12.0. The molecule has 2 fully saturated rings. The van der Waals surface area contributed by atoms with Crippen molar-refractivity contribution in [2.75, 3.05) is 13.2 Å². The maximum Gasteiger partial charge on any atom is 0.325 e. The third-order valence-corrected chi connectivity index (χ3v) is 6.16. The van der Waals surface area contributed by atoms with Gasteiger partial charge in [-0.25, -0.2) is 0 Å². The zero-order chi connectivity index (χ0) is 17.5. The highest BCUT2D eigenvalue weighted by Crippen LogP contribution is 2.50. The van der Waals surface area contributed by atoms with Crippen LogP contribution in [-0.4, -0.2) is 56.4 Å². The lowest BCUT2D eigenvalue weighted by Crippen LogP contribution is -2.60. The highest BCUT2D eigenvalue weighted by atomic mass is 32.2. The van der Waals surface area contributed by atoms with Crippen LogP contribution in [-0.2, 0) is 16.1 Å². The summed E-state index contributed by atoms with van der Waals surface area (Å²) in [5.41, 5.74) is 6.50. The molecule has 0 aromatic heterocycles. The number of aliphatic carboxylic acids is 1. The average Bonchev–Trinajstić information content (AvgIpc) is 2.89. The lowest BCUT2D eigenvalue weighted by Gasteiger charge is -2.42. The number of ether oxygens (including phenoxy) is 1. The van der Waals surface area contributed by atoms with Crippen molar-refractivity contribution in [3.05, 3.63) is 29.8 Å². The van der Waals surface area contributed by atoms with Crippen LogP contribution >= 0.6 is 11.8 Å². The van der Waals surface area contributed by atoms with E-state index in [0.29, 0.717) is 12.3 Å². The van der Waals surface area contributed by atoms with E-state index in [1.54, 1.807) is 19.1 Å². The number of hydrogen-bond acceptors (Lipinski definition) is 6. The lowest BCUT2D eigenvalue weighted by atomic mass is 9.92. The van der Waals surface area contributed by atoms with Gasteiger partial charge in [0.05, 0.1) is 23.9 Å². The zero-order valence-corrected chi connectivity index (χ0v) is 14.0. The molecule has 7 nitrogen and oxygen atoms in total. The predicted molar refractivity (Wildman–Crippen MR) is 88.5 cm³/mol. The first-order valence-electron chi connectivity index (χ1n) is 7.69. The highest BCUT2D eigenvalue weighted by molar-refractivity contribution is 8.02. The molecule has 0 bridgehead atoms. The van der Waals surface area contributed by atoms with E-state index in [1.165, 1.54) is 16.7 Å². The number of hydrogen-bond donors (Lipinski definition) is 3. The molecule has 1 unspecified atom stereocenters. The molecule has 2 saturated heterocycles. The first kappa shape index (κ1) is 17.1. The third kappa shape index (κ3) is 2.74. The average molecular weight is 352 g/mol. The van der Waals surface area contributed by atoms with Crippen molar-refractivity contribution < 1.29 is 24.5 Å². The van der Waals surface area contributed by atoms with Gasteiger partial charge in [-0.1, -0.05) is 12.1 Å². The quantitative estimate of drug-likeness (QED) is 0.629. The Labute approximate surface area is 143 Å². The fraction of sp³-hybridized carbons (Fsp3) is 0.500. The number of benzene rings is 1. The number of β-lactam (4-membered cyclic amide) rings is 1. The summed E-state index contributed by atoms with van der Waals surface area (Å²) >= 11 is 1.18. The van der Waals surface area contributed by atoms with Gasteiger partial charge >= 0.3 is 5.97 Å². The molecule has 130 valence electrons. The number of fused-ring (bicyclic) bond motifs is 1. The van der Waals surface area contributed by atoms with Gasteiger partial charge in [-0.05, 0) is 24.6 Å². The number of carbonyl (C=O) groups excluding carboxylic acids is 1. The van der Waals surface area contributed by atoms with E-state index < -0.39 is 22.7 Å². The number of carboxylic acids is 1. The Bertz CT molecular complexity index is 650. The molecule has 4 atom stereocenters. The zero-order valence-electron chi connectivity index (χ0n) is 13.2. The molecule has 1 amide bonds. The number of carbonyl (C=O) groups is 2. The molecule has 2 aliphatic rings. The number of amides is 1. The van der Waals surface area contributed by atoms with E-state index in [4.69, 9.17) is 10.5 Å². The summed E-state index contributed by atoms with van der Waals surface area (Å²) in [6, 6.07) is 7.14. The summed E-state index contributed by atoms with van der Waals surface area (Å²) < 4.78 is 4.44. The summed E-state index contributed by atoms with van der Waals surface area (Å²) in [5, 5.41) is 19.1. The second-order valence-corrected chi connectivity index (χ2v) is 7.68. The Morgan fingerprint density at radius 3 is 2.71 bits per heavy atom. The van der Waals surface area contributed by atoms with Crippen LogP contribution < -0.4 is 10.5 Å². The Morgan fingerprint density at radius 1 is 1.50 bits per heavy atom. The molecule has 0 radical (unpaired) electrons. The molecule has 3 rings (SSSR count). The van der Waals surface area contributed by atoms with E-state index >= 15 is 0 Å². The van der Waals surface area contributed by atoms with Crippen LogP contribution in [0.2, 0.25) is 0 Å². The van der Waals surface area contributed by atoms with Crippen LogP contribution in [0.15, 0.2) is 24.3 Å². The monoisotopic (exact) mass is 352 g/mol. The minimum absolute atomic E-state index is 0.0538. The van der Waals surface area contributed by atoms with Crippen LogP contribution in [0, 0.1) is 5.92 Å². The Kier molecular flexibility index (Phi) is 4.46. The number of thioether (sulfide) groups is 1. The van der Waals surface area contributed by atoms with Crippen molar-refractivity contribution in [1.29, 1.82) is 0 Å². The minimum Gasteiger partial charge on any atom is -0.491 e. The van der Waals surface area contributed by atoms with Crippen molar-refractivity contribution >= 4 is 23.6 Å². The van der Waals surface area contributed by atoms with Gasteiger partial charge in [0.15, 0.2) is 4.75 Å². The van der Waals surface area contributed by atoms with Gasteiger partial charge in [-0.15, -0.1) is 11.8 Å². The van der Waals surface area contributed by atoms with Crippen LogP contribution in [0.5, 0.6) is 5.75 Å². The van der Waals surface area contributed by atoms with E-state index in [2.05, 4.69) is 0 Å². The number of nitrogens with zero attached hydrogens (tertiary/aromatic N) is 1. The lowest BCUT2D eigenvalue weighted by molar-refractivity contribution is -0.156. The molecular formula is C16H20N2O5S. The van der Waals surface area contributed by atoms with Gasteiger partial charge < -0.3 is 25.6 Å². The van der Waals surface area contributed by atoms with Crippen molar-refractivity contribution in [3.8, 4) is 5.75 Å². The van der Waals surface area contributed by atoms with E-state index in [1.807, 2.05) is 12.1 Å². The molecule has 0 saturated carbocycles. The number of rotatable bonds is 6. The minimum atomic E-state index is -1.23. The van der Waals surface area contributed by atoms with E-state index in [9.17, 15) is 19.8 Å². The normalized spacial score (nSPS) is 29.8. The molecule has 2 aliphatic heterocycles. The van der Waals surface area contributed by atoms with E-state index in [-0.39, 0.29) is 24.4 Å². The van der Waals surface area contributed by atoms with Gasteiger partial charge in [0, 0.05) is 6.54 Å². The molecule has 1 aromatic rings. The topological polar surface area (TPSA) is 113 Å². The van der Waals surface area contributed by atoms with Crippen molar-refractivity contribution in [3.63, 3.8) is 0 Å². The van der Waals surface area contributed by atoms with Gasteiger partial charge in [0.1, 0.15) is 12.4 Å².